The normalized spacial score (nSPS) is 11.7. The molecular formula is C22H21N7O5S. The van der Waals surface area contributed by atoms with Gasteiger partial charge in [0.15, 0.2) is 12.0 Å². The van der Waals surface area contributed by atoms with Crippen molar-refractivity contribution in [3.05, 3.63) is 63.8 Å². The first-order valence-electron chi connectivity index (χ1n) is 10.3. The van der Waals surface area contributed by atoms with E-state index >= 15 is 0 Å². The maximum Gasteiger partial charge on any atom is 0.379 e. The molecule has 0 fully saturated rings. The van der Waals surface area contributed by atoms with Crippen molar-refractivity contribution < 1.29 is 19.0 Å². The van der Waals surface area contributed by atoms with Crippen LogP contribution in [-0.2, 0) is 4.74 Å². The summed E-state index contributed by atoms with van der Waals surface area (Å²) in [6, 6.07) is 10.4. The zero-order chi connectivity index (χ0) is 24.9. The molecule has 0 saturated heterocycles. The number of aliphatic hydroxyl groups is 1. The predicted molar refractivity (Wildman–Crippen MR) is 127 cm³/mol. The van der Waals surface area contributed by atoms with Crippen LogP contribution >= 0.6 is 11.3 Å². The number of nitrogen functional groups attached to an aromatic ring is 1. The Kier molecular flexibility index (Phi) is 7.06. The summed E-state index contributed by atoms with van der Waals surface area (Å²) in [4.78, 5) is 12.9. The molecule has 4 rings (SSSR count). The number of aryl methyl sites for hydroxylation is 1. The van der Waals surface area contributed by atoms with E-state index in [4.69, 9.17) is 19.6 Å². The number of nitrogens with zero attached hydrogens (tertiary/aromatic N) is 5. The molecule has 1 atom stereocenters. The molecule has 12 nitrogen and oxygen atoms in total. The van der Waals surface area contributed by atoms with Crippen LogP contribution in [0.15, 0.2) is 45.7 Å². The van der Waals surface area contributed by atoms with E-state index < -0.39 is 11.9 Å². The molecule has 4 aromatic rings. The van der Waals surface area contributed by atoms with Gasteiger partial charge in [0, 0.05) is 24.3 Å². The molecule has 1 unspecified atom stereocenters. The van der Waals surface area contributed by atoms with E-state index in [0.29, 0.717) is 27.6 Å². The Bertz CT molecular complexity index is 1440. The zero-order valence-electron chi connectivity index (χ0n) is 18.8. The Morgan fingerprint density at radius 3 is 2.89 bits per heavy atom. The molecule has 3 heterocycles. The molecule has 0 aliphatic rings. The summed E-state index contributed by atoms with van der Waals surface area (Å²) in [5.74, 6) is 0.183. The summed E-state index contributed by atoms with van der Waals surface area (Å²) in [6.45, 7) is 2.14. The number of hydrogen-bond acceptors (Lipinski definition) is 12. The molecule has 180 valence electrons. The molecule has 0 amide bonds. The standard InChI is InChI=1S/C22H21N7O5S/c1-12-4-3-5-13(11-23)17(12)14-10-15(34-20(31)18(14)33-9-8-32-2)19(30)26-21-27-28-22(35-21)29-16(24)6-7-25-29/h3-7,10,19,30H,8-9,24H2,1-2H3,(H,26,27). The second kappa shape index (κ2) is 10.3. The lowest BCUT2D eigenvalue weighted by molar-refractivity contribution is 0.141. The van der Waals surface area contributed by atoms with E-state index in [-0.39, 0.29) is 29.9 Å². The summed E-state index contributed by atoms with van der Waals surface area (Å²) >= 11 is 1.08. The minimum atomic E-state index is -1.46. The summed E-state index contributed by atoms with van der Waals surface area (Å²) in [5, 5.41) is 35.8. The van der Waals surface area contributed by atoms with Crippen LogP contribution < -0.4 is 21.4 Å². The number of rotatable bonds is 9. The van der Waals surface area contributed by atoms with Gasteiger partial charge >= 0.3 is 5.63 Å². The lowest BCUT2D eigenvalue weighted by Gasteiger charge is -2.16. The smallest absolute Gasteiger partial charge is 0.379 e. The van der Waals surface area contributed by atoms with Crippen molar-refractivity contribution >= 4 is 22.3 Å². The summed E-state index contributed by atoms with van der Waals surface area (Å²) in [7, 11) is 1.51. The van der Waals surface area contributed by atoms with Crippen molar-refractivity contribution in [3.8, 4) is 28.1 Å². The largest absolute Gasteiger partial charge is 0.484 e. The van der Waals surface area contributed by atoms with E-state index in [1.807, 2.05) is 13.0 Å². The van der Waals surface area contributed by atoms with Crippen LogP contribution in [0.4, 0.5) is 10.9 Å². The lowest BCUT2D eigenvalue weighted by atomic mass is 9.95. The SMILES string of the molecule is COCCOc1c(-c2c(C)cccc2C#N)cc(C(O)Nc2nnc(-n3nccc3N)s2)oc1=O. The number of nitriles is 1. The highest BCUT2D eigenvalue weighted by Crippen LogP contribution is 2.35. The average Bonchev–Trinajstić information content (AvgIpc) is 3.48. The number of anilines is 2. The topological polar surface area (TPSA) is 174 Å². The van der Waals surface area contributed by atoms with Crippen LogP contribution in [0, 0.1) is 18.3 Å². The second-order valence-electron chi connectivity index (χ2n) is 7.23. The molecule has 0 aliphatic carbocycles. The molecule has 13 heteroatoms. The van der Waals surface area contributed by atoms with Gasteiger partial charge in [0.2, 0.25) is 16.0 Å². The Morgan fingerprint density at radius 1 is 1.34 bits per heavy atom. The summed E-state index contributed by atoms with van der Waals surface area (Å²) < 4.78 is 17.4. The van der Waals surface area contributed by atoms with Crippen LogP contribution in [0.5, 0.6) is 5.75 Å². The van der Waals surface area contributed by atoms with Crippen LogP contribution in [0.25, 0.3) is 16.3 Å². The minimum Gasteiger partial charge on any atom is -0.484 e. The third kappa shape index (κ3) is 4.99. The van der Waals surface area contributed by atoms with Gasteiger partial charge in [-0.3, -0.25) is 0 Å². The van der Waals surface area contributed by atoms with Gasteiger partial charge in [0.05, 0.1) is 24.4 Å². The van der Waals surface area contributed by atoms with Gasteiger partial charge in [-0.25, -0.2) is 4.79 Å². The molecule has 0 spiro atoms. The molecule has 0 saturated carbocycles. The Hall–Kier alpha value is -4.25. The highest BCUT2D eigenvalue weighted by molar-refractivity contribution is 7.17. The number of benzene rings is 1. The van der Waals surface area contributed by atoms with Gasteiger partial charge in [0.25, 0.3) is 0 Å². The van der Waals surface area contributed by atoms with Crippen LogP contribution in [0.2, 0.25) is 0 Å². The number of hydrogen-bond donors (Lipinski definition) is 3. The first kappa shape index (κ1) is 23.9. The fourth-order valence-electron chi connectivity index (χ4n) is 3.32. The maximum absolute atomic E-state index is 12.9. The Labute approximate surface area is 203 Å². The van der Waals surface area contributed by atoms with E-state index in [1.165, 1.54) is 24.1 Å². The molecule has 0 aliphatic heterocycles. The number of nitrogens with one attached hydrogen (secondary N) is 1. The highest BCUT2D eigenvalue weighted by atomic mass is 32.1. The zero-order valence-corrected chi connectivity index (χ0v) is 19.6. The van der Waals surface area contributed by atoms with Gasteiger partial charge in [-0.2, -0.15) is 15.0 Å². The van der Waals surface area contributed by atoms with Crippen LogP contribution in [0.1, 0.15) is 23.1 Å². The number of ether oxygens (including phenoxy) is 2. The molecular weight excluding hydrogens is 474 g/mol. The summed E-state index contributed by atoms with van der Waals surface area (Å²) in [6.07, 6.45) is 0.0615. The van der Waals surface area contributed by atoms with Gasteiger partial charge in [-0.05, 0) is 24.6 Å². The van der Waals surface area contributed by atoms with Crippen molar-refractivity contribution in [2.75, 3.05) is 31.4 Å². The number of methoxy groups -OCH3 is 1. The molecule has 1 aromatic carbocycles. The van der Waals surface area contributed by atoms with E-state index in [1.54, 1.807) is 18.2 Å². The van der Waals surface area contributed by atoms with E-state index in [0.717, 1.165) is 16.9 Å². The minimum absolute atomic E-state index is 0.0869. The van der Waals surface area contributed by atoms with E-state index in [9.17, 15) is 15.2 Å². The highest BCUT2D eigenvalue weighted by Gasteiger charge is 2.23. The Balaban J connectivity index is 1.71. The van der Waals surface area contributed by atoms with Gasteiger partial charge in [-0.15, -0.1) is 10.2 Å². The molecule has 0 radical (unpaired) electrons. The van der Waals surface area contributed by atoms with Crippen molar-refractivity contribution in [2.24, 2.45) is 0 Å². The first-order valence-corrected chi connectivity index (χ1v) is 11.1. The number of aliphatic hydroxyl groups excluding tert-OH is 1. The van der Waals surface area contributed by atoms with Crippen molar-refractivity contribution in [1.29, 1.82) is 5.26 Å². The van der Waals surface area contributed by atoms with Gasteiger partial charge in [0.1, 0.15) is 12.4 Å². The second-order valence-corrected chi connectivity index (χ2v) is 8.19. The maximum atomic E-state index is 12.9. The summed E-state index contributed by atoms with van der Waals surface area (Å²) in [5.41, 5.74) is 6.90. The third-order valence-electron chi connectivity index (χ3n) is 4.92. The Morgan fingerprint density at radius 2 is 2.17 bits per heavy atom. The predicted octanol–water partition coefficient (Wildman–Crippen LogP) is 2.23. The van der Waals surface area contributed by atoms with E-state index in [2.05, 4.69) is 26.7 Å². The average molecular weight is 496 g/mol. The molecule has 35 heavy (non-hydrogen) atoms. The van der Waals surface area contributed by atoms with Crippen LogP contribution in [-0.4, -0.2) is 45.4 Å². The fourth-order valence-corrected chi connectivity index (χ4v) is 4.07. The fraction of sp³-hybridized carbons (Fsp3) is 0.227. The van der Waals surface area contributed by atoms with Gasteiger partial charge < -0.3 is 30.0 Å². The monoisotopic (exact) mass is 495 g/mol. The van der Waals surface area contributed by atoms with Crippen molar-refractivity contribution in [1.82, 2.24) is 20.0 Å². The van der Waals surface area contributed by atoms with Crippen molar-refractivity contribution in [3.63, 3.8) is 0 Å². The molecule has 3 aromatic heterocycles. The van der Waals surface area contributed by atoms with Gasteiger partial charge in [-0.1, -0.05) is 23.5 Å². The first-order chi connectivity index (χ1) is 16.9. The molecule has 4 N–H and O–H groups in total. The number of nitrogens with two attached hydrogens (primary N) is 1. The molecule has 0 bridgehead atoms. The van der Waals surface area contributed by atoms with Crippen LogP contribution in [0.3, 0.4) is 0 Å². The lowest BCUT2D eigenvalue weighted by Crippen LogP contribution is -2.17. The van der Waals surface area contributed by atoms with Crippen molar-refractivity contribution in [2.45, 2.75) is 13.2 Å². The number of aromatic nitrogens is 4. The third-order valence-corrected chi connectivity index (χ3v) is 5.75. The quantitative estimate of drug-likeness (QED) is 0.229.